The van der Waals surface area contributed by atoms with Crippen LogP contribution < -0.4 is 5.43 Å². The van der Waals surface area contributed by atoms with Crippen molar-refractivity contribution in [1.29, 1.82) is 0 Å². The molecule has 0 heterocycles. The van der Waals surface area contributed by atoms with Gasteiger partial charge in [0.05, 0.1) is 11.1 Å². The lowest BCUT2D eigenvalue weighted by Gasteiger charge is -2.01. The highest BCUT2D eigenvalue weighted by atomic mass is 32.2. The van der Waals surface area contributed by atoms with Crippen molar-refractivity contribution in [2.24, 2.45) is 5.10 Å². The van der Waals surface area contributed by atoms with Crippen LogP contribution in [0.2, 0.25) is 0 Å². The number of rotatable bonds is 7. The van der Waals surface area contributed by atoms with Crippen LogP contribution in [0.15, 0.2) is 64.6 Å². The molecule has 0 aromatic heterocycles. The van der Waals surface area contributed by atoms with Gasteiger partial charge in [-0.15, -0.1) is 11.8 Å². The fourth-order valence-corrected chi connectivity index (χ4v) is 2.60. The molecule has 0 aliphatic rings. The van der Waals surface area contributed by atoms with Gasteiger partial charge in [0, 0.05) is 34.8 Å². The molecule has 0 fully saturated rings. The van der Waals surface area contributed by atoms with Gasteiger partial charge in [-0.05, 0) is 12.1 Å². The van der Waals surface area contributed by atoms with Crippen LogP contribution in [0.25, 0.3) is 0 Å². The molecule has 2 aromatic carbocycles. The molecule has 118 valence electrons. The summed E-state index contributed by atoms with van der Waals surface area (Å²) >= 11 is 1.60. The number of amides is 1. The number of thioether (sulfide) groups is 1. The van der Waals surface area contributed by atoms with E-state index in [2.05, 4.69) is 10.5 Å². The van der Waals surface area contributed by atoms with Crippen LogP contribution in [0.3, 0.4) is 0 Å². The SMILES string of the molecule is O=C(CCSc1ccccc1)NN=Cc1cccc([N+](=O)[O-])c1. The highest BCUT2D eigenvalue weighted by Crippen LogP contribution is 2.17. The Morgan fingerprint density at radius 2 is 2.00 bits per heavy atom. The normalized spacial score (nSPS) is 10.6. The maximum Gasteiger partial charge on any atom is 0.270 e. The Hall–Kier alpha value is -2.67. The van der Waals surface area contributed by atoms with Crippen molar-refractivity contribution in [2.45, 2.75) is 11.3 Å². The Balaban J connectivity index is 1.75. The number of nitrogens with one attached hydrogen (secondary N) is 1. The maximum absolute atomic E-state index is 11.7. The molecule has 0 aliphatic heterocycles. The third kappa shape index (κ3) is 5.91. The van der Waals surface area contributed by atoms with Crippen molar-refractivity contribution in [3.8, 4) is 0 Å². The molecular formula is C16H15N3O3S. The zero-order valence-electron chi connectivity index (χ0n) is 12.2. The van der Waals surface area contributed by atoms with E-state index in [0.29, 0.717) is 17.7 Å². The van der Waals surface area contributed by atoms with Crippen LogP contribution in [-0.4, -0.2) is 22.8 Å². The number of nitrogens with zero attached hydrogens (tertiary/aromatic N) is 2. The van der Waals surface area contributed by atoms with Gasteiger partial charge in [-0.25, -0.2) is 5.43 Å². The Morgan fingerprint density at radius 3 is 2.74 bits per heavy atom. The summed E-state index contributed by atoms with van der Waals surface area (Å²) in [6.07, 6.45) is 1.72. The molecule has 0 unspecified atom stereocenters. The highest BCUT2D eigenvalue weighted by Gasteiger charge is 2.04. The van der Waals surface area contributed by atoms with Gasteiger partial charge in [-0.3, -0.25) is 14.9 Å². The first-order valence-electron chi connectivity index (χ1n) is 6.89. The van der Waals surface area contributed by atoms with Crippen molar-refractivity contribution >= 4 is 29.6 Å². The summed E-state index contributed by atoms with van der Waals surface area (Å²) in [5.41, 5.74) is 2.95. The number of hydrogen-bond acceptors (Lipinski definition) is 5. The third-order valence-electron chi connectivity index (χ3n) is 2.82. The molecule has 0 bridgehead atoms. The standard InChI is InChI=1S/C16H15N3O3S/c20-16(9-10-23-15-7-2-1-3-8-15)18-17-12-13-5-4-6-14(11-13)19(21)22/h1-8,11-12H,9-10H2,(H,18,20). The average Bonchev–Trinajstić information content (AvgIpc) is 2.56. The van der Waals surface area contributed by atoms with Crippen molar-refractivity contribution in [2.75, 3.05) is 5.75 Å². The molecule has 0 radical (unpaired) electrons. The number of hydrazone groups is 1. The van der Waals surface area contributed by atoms with Gasteiger partial charge in [-0.2, -0.15) is 5.10 Å². The second-order valence-corrected chi connectivity index (χ2v) is 5.73. The molecular weight excluding hydrogens is 314 g/mol. The summed E-state index contributed by atoms with van der Waals surface area (Å²) < 4.78 is 0. The van der Waals surface area contributed by atoms with Gasteiger partial charge in [0.2, 0.25) is 5.91 Å². The first-order chi connectivity index (χ1) is 11.1. The minimum absolute atomic E-state index is 0.0143. The fourth-order valence-electron chi connectivity index (χ4n) is 1.73. The Labute approximate surface area is 137 Å². The van der Waals surface area contributed by atoms with Crippen molar-refractivity contribution in [3.05, 3.63) is 70.3 Å². The second kappa shape index (κ2) is 8.70. The van der Waals surface area contributed by atoms with Crippen LogP contribution >= 0.6 is 11.8 Å². The fraction of sp³-hybridized carbons (Fsp3) is 0.125. The van der Waals surface area contributed by atoms with Crippen molar-refractivity contribution in [1.82, 2.24) is 5.43 Å². The van der Waals surface area contributed by atoms with Crippen molar-refractivity contribution in [3.63, 3.8) is 0 Å². The molecule has 23 heavy (non-hydrogen) atoms. The lowest BCUT2D eigenvalue weighted by Crippen LogP contribution is -2.17. The topological polar surface area (TPSA) is 84.6 Å². The first-order valence-corrected chi connectivity index (χ1v) is 7.88. The predicted molar refractivity (Wildman–Crippen MR) is 90.6 cm³/mol. The minimum atomic E-state index is -0.475. The Kier molecular flexibility index (Phi) is 6.31. The van der Waals surface area contributed by atoms with E-state index in [0.717, 1.165) is 4.90 Å². The number of nitro groups is 1. The zero-order chi connectivity index (χ0) is 16.5. The quantitative estimate of drug-likeness (QED) is 0.366. The van der Waals surface area contributed by atoms with E-state index in [9.17, 15) is 14.9 Å². The van der Waals surface area contributed by atoms with Crippen LogP contribution in [0.5, 0.6) is 0 Å². The second-order valence-electron chi connectivity index (χ2n) is 4.56. The van der Waals surface area contributed by atoms with E-state index < -0.39 is 4.92 Å². The zero-order valence-corrected chi connectivity index (χ0v) is 13.0. The monoisotopic (exact) mass is 329 g/mol. The molecule has 6 nitrogen and oxygen atoms in total. The van der Waals surface area contributed by atoms with Gasteiger partial charge in [0.1, 0.15) is 0 Å². The summed E-state index contributed by atoms with van der Waals surface area (Å²) in [6.45, 7) is 0. The molecule has 2 rings (SSSR count). The molecule has 7 heteroatoms. The molecule has 0 spiro atoms. The van der Waals surface area contributed by atoms with Gasteiger partial charge in [0.15, 0.2) is 0 Å². The van der Waals surface area contributed by atoms with E-state index in [1.807, 2.05) is 30.3 Å². The molecule has 0 aliphatic carbocycles. The number of carbonyl (C=O) groups excluding carboxylic acids is 1. The number of benzene rings is 2. The average molecular weight is 329 g/mol. The predicted octanol–water partition coefficient (Wildman–Crippen LogP) is 3.23. The first kappa shape index (κ1) is 16.7. The molecule has 0 saturated heterocycles. The van der Waals surface area contributed by atoms with Gasteiger partial charge in [0.25, 0.3) is 5.69 Å². The lowest BCUT2D eigenvalue weighted by molar-refractivity contribution is -0.384. The molecule has 1 N–H and O–H groups in total. The van der Waals surface area contributed by atoms with Crippen LogP contribution in [0.4, 0.5) is 5.69 Å². The van der Waals surface area contributed by atoms with Crippen LogP contribution in [-0.2, 0) is 4.79 Å². The van der Waals surface area contributed by atoms with Gasteiger partial charge >= 0.3 is 0 Å². The number of hydrogen-bond donors (Lipinski definition) is 1. The Morgan fingerprint density at radius 1 is 1.22 bits per heavy atom. The Bertz CT molecular complexity index is 705. The summed E-state index contributed by atoms with van der Waals surface area (Å²) in [6, 6.07) is 15.9. The number of non-ortho nitro benzene ring substituents is 1. The van der Waals surface area contributed by atoms with Crippen LogP contribution in [0.1, 0.15) is 12.0 Å². The molecule has 0 saturated carbocycles. The van der Waals surface area contributed by atoms with E-state index in [-0.39, 0.29) is 11.6 Å². The lowest BCUT2D eigenvalue weighted by atomic mass is 10.2. The largest absolute Gasteiger partial charge is 0.273 e. The van der Waals surface area contributed by atoms with E-state index in [1.54, 1.807) is 23.9 Å². The summed E-state index contributed by atoms with van der Waals surface area (Å²) in [7, 11) is 0. The van der Waals surface area contributed by atoms with Gasteiger partial charge in [-0.1, -0.05) is 30.3 Å². The minimum Gasteiger partial charge on any atom is -0.273 e. The van der Waals surface area contributed by atoms with E-state index in [1.165, 1.54) is 18.3 Å². The molecule has 2 aromatic rings. The molecule has 1 amide bonds. The van der Waals surface area contributed by atoms with Crippen molar-refractivity contribution < 1.29 is 9.72 Å². The van der Waals surface area contributed by atoms with E-state index >= 15 is 0 Å². The van der Waals surface area contributed by atoms with E-state index in [4.69, 9.17) is 0 Å². The summed E-state index contributed by atoms with van der Waals surface area (Å²) in [5.74, 6) is 0.456. The summed E-state index contributed by atoms with van der Waals surface area (Å²) in [4.78, 5) is 22.9. The summed E-state index contributed by atoms with van der Waals surface area (Å²) in [5, 5.41) is 14.5. The number of nitro benzene ring substituents is 1. The molecule has 0 atom stereocenters. The van der Waals surface area contributed by atoms with Crippen LogP contribution in [0, 0.1) is 10.1 Å². The number of carbonyl (C=O) groups is 1. The maximum atomic E-state index is 11.7. The smallest absolute Gasteiger partial charge is 0.270 e. The third-order valence-corrected chi connectivity index (χ3v) is 3.84. The highest BCUT2D eigenvalue weighted by molar-refractivity contribution is 7.99. The van der Waals surface area contributed by atoms with Gasteiger partial charge < -0.3 is 0 Å².